The quantitative estimate of drug-likeness (QED) is 0.600. The Bertz CT molecular complexity index is 1310. The number of fused-ring (bicyclic) bond motifs is 3. The fourth-order valence-electron chi connectivity index (χ4n) is 6.89. The number of hydrogen-bond donors (Lipinski definition) is 2. The van der Waals surface area contributed by atoms with Crippen LogP contribution in [0.2, 0.25) is 0 Å². The summed E-state index contributed by atoms with van der Waals surface area (Å²) in [6.45, 7) is 4.54. The minimum absolute atomic E-state index is 0.00420. The first-order valence-electron chi connectivity index (χ1n) is 13.7. The number of aliphatic imine (C=N–C) groups is 1. The first kappa shape index (κ1) is 24.9. The molecule has 0 bridgehead atoms. The fourth-order valence-corrected chi connectivity index (χ4v) is 6.89. The SMILES string of the molecule is CCC1(CC)CC(=O)N([C@@H]2CCOc3ccc(C(=O)N[C@@H]4c5ccccc5C5(CC5)[C@H]4OC)cc32)C(N)=N1. The molecule has 1 saturated carbocycles. The van der Waals surface area contributed by atoms with Gasteiger partial charge in [-0.2, -0.15) is 0 Å². The van der Waals surface area contributed by atoms with E-state index in [2.05, 4.69) is 23.5 Å². The van der Waals surface area contributed by atoms with Crippen molar-refractivity contribution < 1.29 is 19.1 Å². The summed E-state index contributed by atoms with van der Waals surface area (Å²) in [6.07, 6.45) is 4.45. The summed E-state index contributed by atoms with van der Waals surface area (Å²) >= 11 is 0. The number of nitrogens with two attached hydrogens (primary N) is 1. The second-order valence-electron chi connectivity index (χ2n) is 11.1. The minimum atomic E-state index is -0.443. The molecule has 0 aromatic heterocycles. The van der Waals surface area contributed by atoms with Gasteiger partial charge < -0.3 is 20.5 Å². The van der Waals surface area contributed by atoms with Crippen molar-refractivity contribution in [3.05, 3.63) is 64.7 Å². The first-order valence-corrected chi connectivity index (χ1v) is 13.7. The molecule has 3 atom stereocenters. The van der Waals surface area contributed by atoms with E-state index in [1.807, 2.05) is 32.0 Å². The van der Waals surface area contributed by atoms with Crippen LogP contribution in [0.1, 0.15) is 91.5 Å². The number of benzene rings is 2. The maximum absolute atomic E-state index is 13.6. The summed E-state index contributed by atoms with van der Waals surface area (Å²) in [4.78, 5) is 33.4. The maximum atomic E-state index is 13.6. The topological polar surface area (TPSA) is 106 Å². The zero-order valence-electron chi connectivity index (χ0n) is 22.3. The predicted molar refractivity (Wildman–Crippen MR) is 144 cm³/mol. The van der Waals surface area contributed by atoms with E-state index in [9.17, 15) is 9.59 Å². The van der Waals surface area contributed by atoms with E-state index in [0.717, 1.165) is 36.8 Å². The number of methoxy groups -OCH3 is 1. The van der Waals surface area contributed by atoms with Gasteiger partial charge in [0.25, 0.3) is 5.91 Å². The van der Waals surface area contributed by atoms with E-state index in [1.54, 1.807) is 18.1 Å². The smallest absolute Gasteiger partial charge is 0.251 e. The van der Waals surface area contributed by atoms with Gasteiger partial charge in [-0.05, 0) is 55.0 Å². The van der Waals surface area contributed by atoms with Crippen molar-refractivity contribution in [2.75, 3.05) is 13.7 Å². The predicted octanol–water partition coefficient (Wildman–Crippen LogP) is 4.15. The molecule has 38 heavy (non-hydrogen) atoms. The second-order valence-corrected chi connectivity index (χ2v) is 11.1. The number of carbonyl (C=O) groups is 2. The Balaban J connectivity index is 1.30. The summed E-state index contributed by atoms with van der Waals surface area (Å²) in [5.41, 5.74) is 9.68. The van der Waals surface area contributed by atoms with Crippen LogP contribution in [0.3, 0.4) is 0 Å². The lowest BCUT2D eigenvalue weighted by Crippen LogP contribution is -2.53. The summed E-state index contributed by atoms with van der Waals surface area (Å²) in [5, 5.41) is 3.26. The van der Waals surface area contributed by atoms with Crippen LogP contribution in [0.25, 0.3) is 0 Å². The van der Waals surface area contributed by atoms with Crippen molar-refractivity contribution in [3.8, 4) is 5.75 Å². The van der Waals surface area contributed by atoms with E-state index in [1.165, 1.54) is 5.56 Å². The molecule has 0 unspecified atom stereocenters. The van der Waals surface area contributed by atoms with Crippen molar-refractivity contribution in [2.45, 2.75) is 81.5 Å². The molecule has 2 amide bonds. The summed E-state index contributed by atoms with van der Waals surface area (Å²) < 4.78 is 11.9. The Kier molecular flexibility index (Phi) is 5.98. The Morgan fingerprint density at radius 3 is 2.63 bits per heavy atom. The number of ether oxygens (including phenoxy) is 2. The molecule has 2 aliphatic heterocycles. The van der Waals surface area contributed by atoms with Crippen LogP contribution in [0.4, 0.5) is 0 Å². The van der Waals surface area contributed by atoms with Gasteiger partial charge in [-0.1, -0.05) is 38.1 Å². The fraction of sp³-hybridized carbons (Fsp3) is 0.500. The molecule has 2 aromatic rings. The standard InChI is InChI=1S/C30H36N4O4/c1-4-29(5-2)17-24(35)34(28(31)33-29)22-12-15-38-23-11-10-18(16-20(22)23)27(36)32-25-19-8-6-7-9-21(19)30(13-14-30)26(25)37-3/h6-11,16,22,25-26H,4-5,12-15,17H2,1-3H3,(H2,31,33)(H,32,36)/t22-,25-,26+/m1/s1. The van der Waals surface area contributed by atoms with Gasteiger partial charge in [0.15, 0.2) is 5.96 Å². The maximum Gasteiger partial charge on any atom is 0.251 e. The van der Waals surface area contributed by atoms with E-state index >= 15 is 0 Å². The molecule has 8 heteroatoms. The van der Waals surface area contributed by atoms with Crippen LogP contribution < -0.4 is 15.8 Å². The molecular weight excluding hydrogens is 480 g/mol. The number of rotatable bonds is 6. The lowest BCUT2D eigenvalue weighted by Gasteiger charge is -2.41. The molecule has 0 radical (unpaired) electrons. The Morgan fingerprint density at radius 2 is 1.95 bits per heavy atom. The third kappa shape index (κ3) is 3.72. The molecule has 0 saturated heterocycles. The van der Waals surface area contributed by atoms with Gasteiger partial charge in [0, 0.05) is 30.1 Å². The van der Waals surface area contributed by atoms with E-state index < -0.39 is 5.54 Å². The third-order valence-electron chi connectivity index (χ3n) is 9.26. The van der Waals surface area contributed by atoms with Crippen LogP contribution in [0.5, 0.6) is 5.75 Å². The van der Waals surface area contributed by atoms with E-state index in [0.29, 0.717) is 30.8 Å². The zero-order chi connectivity index (χ0) is 26.7. The van der Waals surface area contributed by atoms with Crippen molar-refractivity contribution >= 4 is 17.8 Å². The van der Waals surface area contributed by atoms with Gasteiger partial charge >= 0.3 is 0 Å². The lowest BCUT2D eigenvalue weighted by molar-refractivity contribution is -0.132. The van der Waals surface area contributed by atoms with Gasteiger partial charge in [-0.15, -0.1) is 0 Å². The lowest BCUT2D eigenvalue weighted by atomic mass is 9.87. The van der Waals surface area contributed by atoms with Crippen LogP contribution in [-0.2, 0) is 14.9 Å². The van der Waals surface area contributed by atoms with Gasteiger partial charge in [0.1, 0.15) is 5.75 Å². The van der Waals surface area contributed by atoms with Crippen LogP contribution >= 0.6 is 0 Å². The van der Waals surface area contributed by atoms with Crippen molar-refractivity contribution in [3.63, 3.8) is 0 Å². The van der Waals surface area contributed by atoms with Crippen LogP contribution in [-0.4, -0.2) is 48.0 Å². The molecule has 3 N–H and O–H groups in total. The van der Waals surface area contributed by atoms with E-state index in [-0.39, 0.29) is 41.4 Å². The number of carbonyl (C=O) groups excluding carboxylic acids is 2. The Labute approximate surface area is 223 Å². The Hall–Kier alpha value is -3.39. The number of amides is 2. The van der Waals surface area contributed by atoms with Crippen molar-refractivity contribution in [1.29, 1.82) is 0 Å². The molecule has 4 aliphatic rings. The first-order chi connectivity index (χ1) is 18.4. The van der Waals surface area contributed by atoms with Crippen LogP contribution in [0.15, 0.2) is 47.5 Å². The van der Waals surface area contributed by atoms with E-state index in [4.69, 9.17) is 20.2 Å². The van der Waals surface area contributed by atoms with Gasteiger partial charge in [-0.25, -0.2) is 4.99 Å². The molecular formula is C30H36N4O4. The molecule has 6 rings (SSSR count). The Morgan fingerprint density at radius 1 is 1.18 bits per heavy atom. The molecule has 2 aliphatic carbocycles. The highest BCUT2D eigenvalue weighted by atomic mass is 16.5. The van der Waals surface area contributed by atoms with Gasteiger partial charge in [-0.3, -0.25) is 14.5 Å². The highest BCUT2D eigenvalue weighted by molar-refractivity contribution is 6.00. The normalized spacial score (nSPS) is 26.3. The molecule has 2 aromatic carbocycles. The molecule has 200 valence electrons. The summed E-state index contributed by atoms with van der Waals surface area (Å²) in [5.74, 6) is 0.699. The largest absolute Gasteiger partial charge is 0.493 e. The number of nitrogens with zero attached hydrogens (tertiary/aromatic N) is 2. The highest BCUT2D eigenvalue weighted by Crippen LogP contribution is 2.61. The van der Waals surface area contributed by atoms with Crippen molar-refractivity contribution in [1.82, 2.24) is 10.2 Å². The summed E-state index contributed by atoms with van der Waals surface area (Å²) in [6, 6.07) is 13.2. The molecule has 2 heterocycles. The second kappa shape index (κ2) is 9.12. The average molecular weight is 517 g/mol. The molecule has 8 nitrogen and oxygen atoms in total. The van der Waals surface area contributed by atoms with Gasteiger partial charge in [0.2, 0.25) is 5.91 Å². The monoisotopic (exact) mass is 516 g/mol. The zero-order valence-corrected chi connectivity index (χ0v) is 22.3. The van der Waals surface area contributed by atoms with Crippen LogP contribution in [0, 0.1) is 0 Å². The van der Waals surface area contributed by atoms with Gasteiger partial charge in [0.05, 0.1) is 36.8 Å². The molecule has 1 spiro atoms. The van der Waals surface area contributed by atoms with Crippen molar-refractivity contribution in [2.24, 2.45) is 10.7 Å². The number of guanidine groups is 1. The summed E-state index contributed by atoms with van der Waals surface area (Å²) in [7, 11) is 1.73. The number of hydrogen-bond acceptors (Lipinski definition) is 6. The highest BCUT2D eigenvalue weighted by Gasteiger charge is 2.60. The third-order valence-corrected chi connectivity index (χ3v) is 9.26. The number of nitrogens with one attached hydrogen (secondary N) is 1. The molecule has 1 fully saturated rings. The minimum Gasteiger partial charge on any atom is -0.493 e. The average Bonchev–Trinajstić information content (AvgIpc) is 3.68.